The molecule has 0 aliphatic heterocycles. The van der Waals surface area contributed by atoms with Gasteiger partial charge in [-0.2, -0.15) is 0 Å². The van der Waals surface area contributed by atoms with E-state index in [1.54, 1.807) is 14.0 Å². The van der Waals surface area contributed by atoms with Gasteiger partial charge in [0, 0.05) is 20.0 Å². The molecule has 0 atom stereocenters. The first-order valence-corrected chi connectivity index (χ1v) is 11.0. The van der Waals surface area contributed by atoms with Crippen molar-refractivity contribution in [2.75, 3.05) is 13.7 Å². The average molecular weight is 403 g/mol. The Labute approximate surface area is 174 Å². The van der Waals surface area contributed by atoms with Gasteiger partial charge in [0.15, 0.2) is 0 Å². The highest BCUT2D eigenvalue weighted by Crippen LogP contribution is 2.43. The Morgan fingerprint density at radius 1 is 1.10 bits per heavy atom. The van der Waals surface area contributed by atoms with Gasteiger partial charge < -0.3 is 14.2 Å². The largest absolute Gasteiger partial charge is 0.463 e. The molecule has 2 aliphatic rings. The topological polar surface area (TPSA) is 61.8 Å². The lowest BCUT2D eigenvalue weighted by atomic mass is 9.83. The average Bonchev–Trinajstić information content (AvgIpc) is 3.54. The number of carbonyl (C=O) groups excluding carboxylic acids is 2. The molecule has 2 fully saturated rings. The number of carbonyl (C=O) groups is 2. The number of hydrogen-bond acceptors (Lipinski definition) is 5. The molecule has 0 saturated heterocycles. The second-order valence-electron chi connectivity index (χ2n) is 8.42. The van der Waals surface area contributed by atoms with Crippen LogP contribution in [0.25, 0.3) is 0 Å². The molecule has 0 radical (unpaired) electrons. The highest BCUT2D eigenvalue weighted by Gasteiger charge is 2.47. The summed E-state index contributed by atoms with van der Waals surface area (Å²) in [6.45, 7) is 6.27. The molecule has 2 saturated carbocycles. The monoisotopic (exact) mass is 402 g/mol. The summed E-state index contributed by atoms with van der Waals surface area (Å²) in [5, 5.41) is 0. The molecular formula is C24H34O5. The van der Waals surface area contributed by atoms with Crippen LogP contribution < -0.4 is 0 Å². The number of aryl methyl sites for hydroxylation is 2. The van der Waals surface area contributed by atoms with Crippen molar-refractivity contribution in [3.63, 3.8) is 0 Å². The maximum atomic E-state index is 13.0. The Morgan fingerprint density at radius 2 is 1.79 bits per heavy atom. The van der Waals surface area contributed by atoms with E-state index in [2.05, 4.69) is 26.0 Å². The van der Waals surface area contributed by atoms with Gasteiger partial charge in [-0.05, 0) is 68.6 Å². The van der Waals surface area contributed by atoms with Crippen LogP contribution in [-0.4, -0.2) is 37.4 Å². The first-order valence-electron chi connectivity index (χ1n) is 11.0. The third kappa shape index (κ3) is 5.00. The number of ether oxygens (including phenoxy) is 3. The number of esters is 2. The van der Waals surface area contributed by atoms with Crippen LogP contribution in [0.5, 0.6) is 0 Å². The molecule has 2 aliphatic carbocycles. The summed E-state index contributed by atoms with van der Waals surface area (Å²) in [5.41, 5.74) is 3.64. The molecule has 29 heavy (non-hydrogen) atoms. The third-order valence-corrected chi connectivity index (χ3v) is 6.27. The normalized spacial score (nSPS) is 24.2. The maximum Gasteiger partial charge on any atom is 0.350 e. The zero-order valence-electron chi connectivity index (χ0n) is 18.2. The van der Waals surface area contributed by atoms with E-state index in [1.807, 2.05) is 0 Å². The van der Waals surface area contributed by atoms with Crippen LogP contribution in [0.15, 0.2) is 12.1 Å². The molecule has 0 unspecified atom stereocenters. The van der Waals surface area contributed by atoms with Crippen molar-refractivity contribution < 1.29 is 23.8 Å². The van der Waals surface area contributed by atoms with Crippen LogP contribution in [-0.2, 0) is 36.6 Å². The summed E-state index contributed by atoms with van der Waals surface area (Å²) < 4.78 is 16.6. The molecule has 1 aromatic rings. The predicted molar refractivity (Wildman–Crippen MR) is 111 cm³/mol. The Hall–Kier alpha value is -1.88. The molecule has 3 rings (SSSR count). The Bertz CT molecular complexity index is 742. The third-order valence-electron chi connectivity index (χ3n) is 6.27. The standard InChI is InChI=1S/C24H34O5/c1-5-17-13-16(3)14-20(18-7-8-18)21(17)15-22(25)29-24(23(26)28-6-2)11-9-19(27-4)10-12-24/h13-14,18-19H,5-12,15H2,1-4H3. The van der Waals surface area contributed by atoms with E-state index in [0.717, 1.165) is 12.0 Å². The zero-order chi connectivity index (χ0) is 21.0. The van der Waals surface area contributed by atoms with Crippen LogP contribution >= 0.6 is 0 Å². The fourth-order valence-corrected chi connectivity index (χ4v) is 4.51. The lowest BCUT2D eigenvalue weighted by Crippen LogP contribution is -2.48. The summed E-state index contributed by atoms with van der Waals surface area (Å²) >= 11 is 0. The number of hydrogen-bond donors (Lipinski definition) is 0. The Balaban J connectivity index is 1.80. The van der Waals surface area contributed by atoms with E-state index in [9.17, 15) is 9.59 Å². The second kappa shape index (κ2) is 9.29. The highest BCUT2D eigenvalue weighted by molar-refractivity contribution is 5.84. The van der Waals surface area contributed by atoms with Gasteiger partial charge in [-0.15, -0.1) is 0 Å². The quantitative estimate of drug-likeness (QED) is 0.603. The van der Waals surface area contributed by atoms with Crippen molar-refractivity contribution >= 4 is 11.9 Å². The summed E-state index contributed by atoms with van der Waals surface area (Å²) in [6, 6.07) is 4.38. The van der Waals surface area contributed by atoms with Crippen LogP contribution in [0.2, 0.25) is 0 Å². The second-order valence-corrected chi connectivity index (χ2v) is 8.42. The van der Waals surface area contributed by atoms with E-state index in [1.165, 1.54) is 29.5 Å². The van der Waals surface area contributed by atoms with Gasteiger partial charge in [0.25, 0.3) is 0 Å². The minimum Gasteiger partial charge on any atom is -0.463 e. The molecule has 0 bridgehead atoms. The number of methoxy groups -OCH3 is 1. The lowest BCUT2D eigenvalue weighted by molar-refractivity contribution is -0.189. The smallest absolute Gasteiger partial charge is 0.350 e. The Morgan fingerprint density at radius 3 is 2.34 bits per heavy atom. The van der Waals surface area contributed by atoms with E-state index < -0.39 is 11.6 Å². The van der Waals surface area contributed by atoms with Gasteiger partial charge in [-0.25, -0.2) is 4.79 Å². The molecule has 5 heteroatoms. The first-order chi connectivity index (χ1) is 13.9. The van der Waals surface area contributed by atoms with Crippen molar-refractivity contribution in [1.29, 1.82) is 0 Å². The van der Waals surface area contributed by atoms with Crippen molar-refractivity contribution in [2.45, 2.75) is 89.8 Å². The van der Waals surface area contributed by atoms with Gasteiger partial charge in [-0.1, -0.05) is 24.6 Å². The fourth-order valence-electron chi connectivity index (χ4n) is 4.51. The first kappa shape index (κ1) is 21.8. The van der Waals surface area contributed by atoms with Crippen LogP contribution in [0.4, 0.5) is 0 Å². The summed E-state index contributed by atoms with van der Waals surface area (Å²) in [7, 11) is 1.68. The van der Waals surface area contributed by atoms with E-state index >= 15 is 0 Å². The van der Waals surface area contributed by atoms with Gasteiger partial charge in [0.2, 0.25) is 5.60 Å². The molecule has 0 heterocycles. The van der Waals surface area contributed by atoms with E-state index in [4.69, 9.17) is 14.2 Å². The summed E-state index contributed by atoms with van der Waals surface area (Å²) in [4.78, 5) is 25.7. The highest BCUT2D eigenvalue weighted by atomic mass is 16.6. The number of rotatable bonds is 8. The van der Waals surface area contributed by atoms with Gasteiger partial charge in [0.1, 0.15) is 0 Å². The van der Waals surface area contributed by atoms with Gasteiger partial charge >= 0.3 is 11.9 Å². The Kier molecular flexibility index (Phi) is 6.99. The maximum absolute atomic E-state index is 13.0. The minimum atomic E-state index is -1.18. The molecule has 1 aromatic carbocycles. The molecule has 0 N–H and O–H groups in total. The molecule has 0 aromatic heterocycles. The van der Waals surface area contributed by atoms with Crippen molar-refractivity contribution in [1.82, 2.24) is 0 Å². The fraction of sp³-hybridized carbons (Fsp3) is 0.667. The minimum absolute atomic E-state index is 0.0986. The zero-order valence-corrected chi connectivity index (χ0v) is 18.2. The van der Waals surface area contributed by atoms with Crippen LogP contribution in [0, 0.1) is 6.92 Å². The van der Waals surface area contributed by atoms with Crippen LogP contribution in [0.1, 0.15) is 80.5 Å². The lowest BCUT2D eigenvalue weighted by Gasteiger charge is -2.37. The van der Waals surface area contributed by atoms with Gasteiger partial charge in [0.05, 0.1) is 19.1 Å². The van der Waals surface area contributed by atoms with Crippen molar-refractivity contribution in [2.24, 2.45) is 0 Å². The summed E-state index contributed by atoms with van der Waals surface area (Å²) in [6.07, 6.45) is 5.80. The molecule has 0 spiro atoms. The summed E-state index contributed by atoms with van der Waals surface area (Å²) in [5.74, 6) is -0.210. The molecule has 0 amide bonds. The van der Waals surface area contributed by atoms with E-state index in [-0.39, 0.29) is 25.1 Å². The molecular weight excluding hydrogens is 368 g/mol. The van der Waals surface area contributed by atoms with E-state index in [0.29, 0.717) is 31.6 Å². The molecule has 5 nitrogen and oxygen atoms in total. The van der Waals surface area contributed by atoms with Crippen LogP contribution in [0.3, 0.4) is 0 Å². The van der Waals surface area contributed by atoms with Crippen molar-refractivity contribution in [3.05, 3.63) is 34.4 Å². The number of benzene rings is 1. The van der Waals surface area contributed by atoms with Gasteiger partial charge in [-0.3, -0.25) is 4.79 Å². The predicted octanol–water partition coefficient (Wildman–Crippen LogP) is 4.41. The SMILES string of the molecule is CCOC(=O)C1(OC(=O)Cc2c(CC)cc(C)cc2C2CC2)CCC(OC)CC1. The molecule has 160 valence electrons. The van der Waals surface area contributed by atoms with Crippen molar-refractivity contribution in [3.8, 4) is 0 Å².